The summed E-state index contributed by atoms with van der Waals surface area (Å²) >= 11 is 6.07. The molecule has 1 aromatic carbocycles. The minimum Gasteiger partial charge on any atom is -0.352 e. The fourth-order valence-corrected chi connectivity index (χ4v) is 2.99. The van der Waals surface area contributed by atoms with Gasteiger partial charge in [0.15, 0.2) is 0 Å². The van der Waals surface area contributed by atoms with E-state index >= 15 is 0 Å². The Bertz CT molecular complexity index is 458. The molecule has 0 bridgehead atoms. The highest BCUT2D eigenvalue weighted by molar-refractivity contribution is 6.30. The monoisotopic (exact) mass is 265 g/mol. The van der Waals surface area contributed by atoms with E-state index in [0.29, 0.717) is 12.3 Å². The van der Waals surface area contributed by atoms with Crippen LogP contribution in [0.25, 0.3) is 0 Å². The maximum absolute atomic E-state index is 11.8. The van der Waals surface area contributed by atoms with E-state index in [1.165, 1.54) is 0 Å². The standard InChI is InChI=1S/C15H20ClNO/c1-10(2)7-13-15(3,9-14(18)17-13)11-5-4-6-12(16)8-11/h4-6,8,10,13H,7,9H2,1-3H3,(H,17,18). The van der Waals surface area contributed by atoms with Crippen LogP contribution in [0.3, 0.4) is 0 Å². The molecule has 1 fully saturated rings. The zero-order valence-corrected chi connectivity index (χ0v) is 11.9. The number of rotatable bonds is 3. The number of amides is 1. The summed E-state index contributed by atoms with van der Waals surface area (Å²) in [6.07, 6.45) is 1.54. The molecule has 2 unspecified atom stereocenters. The van der Waals surface area contributed by atoms with E-state index in [0.717, 1.165) is 17.0 Å². The normalized spacial score (nSPS) is 27.6. The Labute approximate surface area is 114 Å². The van der Waals surface area contributed by atoms with E-state index in [1.807, 2.05) is 18.2 Å². The molecule has 1 saturated heterocycles. The molecule has 0 aliphatic carbocycles. The average molecular weight is 266 g/mol. The van der Waals surface area contributed by atoms with Gasteiger partial charge in [-0.05, 0) is 30.0 Å². The van der Waals surface area contributed by atoms with Crippen molar-refractivity contribution in [3.63, 3.8) is 0 Å². The second kappa shape index (κ2) is 4.93. The summed E-state index contributed by atoms with van der Waals surface area (Å²) < 4.78 is 0. The Morgan fingerprint density at radius 2 is 2.22 bits per heavy atom. The number of hydrogen-bond acceptors (Lipinski definition) is 1. The van der Waals surface area contributed by atoms with Crippen LogP contribution in [0.2, 0.25) is 5.02 Å². The fourth-order valence-electron chi connectivity index (χ4n) is 2.80. The van der Waals surface area contributed by atoms with Gasteiger partial charge in [0.25, 0.3) is 0 Å². The average Bonchev–Trinajstić information content (AvgIpc) is 2.54. The Balaban J connectivity index is 2.34. The molecule has 1 heterocycles. The smallest absolute Gasteiger partial charge is 0.221 e. The van der Waals surface area contributed by atoms with E-state index in [1.54, 1.807) is 0 Å². The Hall–Kier alpha value is -1.02. The van der Waals surface area contributed by atoms with Crippen LogP contribution < -0.4 is 5.32 Å². The lowest BCUT2D eigenvalue weighted by Gasteiger charge is -2.32. The molecule has 1 amide bonds. The van der Waals surface area contributed by atoms with Crippen LogP contribution in [-0.2, 0) is 10.2 Å². The van der Waals surface area contributed by atoms with Crippen LogP contribution in [0.4, 0.5) is 0 Å². The van der Waals surface area contributed by atoms with Gasteiger partial charge >= 0.3 is 0 Å². The maximum Gasteiger partial charge on any atom is 0.221 e. The molecule has 1 N–H and O–H groups in total. The summed E-state index contributed by atoms with van der Waals surface area (Å²) in [6, 6.07) is 8.08. The van der Waals surface area contributed by atoms with Crippen LogP contribution >= 0.6 is 11.6 Å². The predicted octanol–water partition coefficient (Wildman–Crippen LogP) is 3.53. The molecule has 2 rings (SSSR count). The molecular weight excluding hydrogens is 246 g/mol. The van der Waals surface area contributed by atoms with Gasteiger partial charge in [-0.15, -0.1) is 0 Å². The van der Waals surface area contributed by atoms with Gasteiger partial charge in [-0.1, -0.05) is 44.5 Å². The lowest BCUT2D eigenvalue weighted by atomic mass is 9.73. The molecule has 0 radical (unpaired) electrons. The van der Waals surface area contributed by atoms with E-state index in [2.05, 4.69) is 32.2 Å². The maximum atomic E-state index is 11.8. The van der Waals surface area contributed by atoms with Gasteiger partial charge in [0.1, 0.15) is 0 Å². The first-order chi connectivity index (χ1) is 8.41. The Morgan fingerprint density at radius 3 is 2.83 bits per heavy atom. The van der Waals surface area contributed by atoms with Gasteiger partial charge in [-0.25, -0.2) is 0 Å². The summed E-state index contributed by atoms with van der Waals surface area (Å²) in [5.74, 6) is 0.704. The third-order valence-corrected chi connectivity index (χ3v) is 4.06. The fraction of sp³-hybridized carbons (Fsp3) is 0.533. The highest BCUT2D eigenvalue weighted by Crippen LogP contribution is 2.39. The van der Waals surface area contributed by atoms with E-state index in [-0.39, 0.29) is 17.4 Å². The van der Waals surface area contributed by atoms with Gasteiger partial charge in [-0.2, -0.15) is 0 Å². The number of nitrogens with one attached hydrogen (secondary N) is 1. The quantitative estimate of drug-likeness (QED) is 0.890. The Kier molecular flexibility index (Phi) is 3.67. The number of carbonyl (C=O) groups excluding carboxylic acids is 1. The summed E-state index contributed by atoms with van der Waals surface area (Å²) in [6.45, 7) is 6.52. The second-order valence-electron chi connectivity index (χ2n) is 5.85. The summed E-state index contributed by atoms with van der Waals surface area (Å²) in [7, 11) is 0. The van der Waals surface area contributed by atoms with Crippen LogP contribution in [0.5, 0.6) is 0 Å². The minimum absolute atomic E-state index is 0.142. The van der Waals surface area contributed by atoms with Gasteiger partial charge < -0.3 is 5.32 Å². The van der Waals surface area contributed by atoms with Crippen LogP contribution in [-0.4, -0.2) is 11.9 Å². The lowest BCUT2D eigenvalue weighted by Crippen LogP contribution is -2.39. The van der Waals surface area contributed by atoms with E-state index in [4.69, 9.17) is 11.6 Å². The van der Waals surface area contributed by atoms with Crippen molar-refractivity contribution in [2.45, 2.75) is 45.1 Å². The largest absolute Gasteiger partial charge is 0.352 e. The van der Waals surface area contributed by atoms with Gasteiger partial charge in [0.2, 0.25) is 5.91 Å². The van der Waals surface area contributed by atoms with E-state index < -0.39 is 0 Å². The zero-order valence-electron chi connectivity index (χ0n) is 11.2. The van der Waals surface area contributed by atoms with Gasteiger partial charge in [-0.3, -0.25) is 4.79 Å². The van der Waals surface area contributed by atoms with Crippen LogP contribution in [0.15, 0.2) is 24.3 Å². The summed E-state index contributed by atoms with van der Waals surface area (Å²) in [4.78, 5) is 11.8. The molecule has 1 aliphatic heterocycles. The highest BCUT2D eigenvalue weighted by Gasteiger charge is 2.44. The third kappa shape index (κ3) is 2.54. The predicted molar refractivity (Wildman–Crippen MR) is 74.8 cm³/mol. The molecular formula is C15H20ClNO. The molecule has 0 spiro atoms. The zero-order chi connectivity index (χ0) is 13.3. The minimum atomic E-state index is -0.147. The van der Waals surface area contributed by atoms with Crippen molar-refractivity contribution in [1.82, 2.24) is 5.32 Å². The first-order valence-electron chi connectivity index (χ1n) is 6.47. The third-order valence-electron chi connectivity index (χ3n) is 3.82. The number of carbonyl (C=O) groups is 1. The first kappa shape index (κ1) is 13.4. The van der Waals surface area contributed by atoms with Crippen molar-refractivity contribution < 1.29 is 4.79 Å². The van der Waals surface area contributed by atoms with Crippen LogP contribution in [0.1, 0.15) is 39.2 Å². The molecule has 1 aromatic rings. The molecule has 18 heavy (non-hydrogen) atoms. The molecule has 3 heteroatoms. The molecule has 98 valence electrons. The first-order valence-corrected chi connectivity index (χ1v) is 6.85. The number of benzene rings is 1. The van der Waals surface area contributed by atoms with Crippen molar-refractivity contribution in [2.75, 3.05) is 0 Å². The lowest BCUT2D eigenvalue weighted by molar-refractivity contribution is -0.119. The molecule has 1 aliphatic rings. The van der Waals surface area contributed by atoms with Crippen molar-refractivity contribution in [1.29, 1.82) is 0 Å². The number of hydrogen-bond donors (Lipinski definition) is 1. The topological polar surface area (TPSA) is 29.1 Å². The molecule has 2 nitrogen and oxygen atoms in total. The van der Waals surface area contributed by atoms with Crippen molar-refractivity contribution >= 4 is 17.5 Å². The van der Waals surface area contributed by atoms with E-state index in [9.17, 15) is 4.79 Å². The molecule has 0 aromatic heterocycles. The van der Waals surface area contributed by atoms with Gasteiger partial charge in [0, 0.05) is 22.9 Å². The van der Waals surface area contributed by atoms with Crippen molar-refractivity contribution in [3.05, 3.63) is 34.9 Å². The Morgan fingerprint density at radius 1 is 1.50 bits per heavy atom. The SMILES string of the molecule is CC(C)CC1NC(=O)CC1(C)c1cccc(Cl)c1. The van der Waals surface area contributed by atoms with Crippen molar-refractivity contribution in [2.24, 2.45) is 5.92 Å². The van der Waals surface area contributed by atoms with Gasteiger partial charge in [0.05, 0.1) is 0 Å². The van der Waals surface area contributed by atoms with Crippen molar-refractivity contribution in [3.8, 4) is 0 Å². The summed E-state index contributed by atoms with van der Waals surface area (Å²) in [5, 5.41) is 3.84. The molecule has 0 saturated carbocycles. The summed E-state index contributed by atoms with van der Waals surface area (Å²) in [5.41, 5.74) is 1.01. The van der Waals surface area contributed by atoms with Crippen LogP contribution in [0, 0.1) is 5.92 Å². The molecule has 2 atom stereocenters. The highest BCUT2D eigenvalue weighted by atomic mass is 35.5. The number of halogens is 1. The second-order valence-corrected chi connectivity index (χ2v) is 6.29.